The first-order chi connectivity index (χ1) is 25.2. The molecule has 0 radical (unpaired) electrons. The van der Waals surface area contributed by atoms with Crippen molar-refractivity contribution in [2.45, 2.75) is 44.7 Å². The molecular formula is C36H37F3N8O5S. The summed E-state index contributed by atoms with van der Waals surface area (Å²) >= 11 is 0. The van der Waals surface area contributed by atoms with Crippen molar-refractivity contribution in [3.05, 3.63) is 78.0 Å². The van der Waals surface area contributed by atoms with E-state index >= 15 is 0 Å². The fraction of sp³-hybridized carbons (Fsp3) is 0.444. The van der Waals surface area contributed by atoms with Gasteiger partial charge in [0.1, 0.15) is 5.75 Å². The van der Waals surface area contributed by atoms with E-state index in [0.29, 0.717) is 34.7 Å². The molecule has 2 N–H and O–H groups in total. The Morgan fingerprint density at radius 3 is 2.21 bits per heavy atom. The normalized spacial score (nSPS) is 24.0. The lowest BCUT2D eigenvalue weighted by molar-refractivity contribution is -0.137. The number of sulfonamides is 1. The van der Waals surface area contributed by atoms with E-state index < -0.39 is 33.6 Å². The number of nitrogens with one attached hydrogen (secondary N) is 1. The van der Waals surface area contributed by atoms with Gasteiger partial charge in [0.25, 0.3) is 11.8 Å². The number of carbonyl (C=O) groups is 2. The summed E-state index contributed by atoms with van der Waals surface area (Å²) in [4.78, 5) is 33.7. The summed E-state index contributed by atoms with van der Waals surface area (Å²) in [5.74, 6) is 0.577. The number of hydrogen-bond donors (Lipinski definition) is 2. The first kappa shape index (κ1) is 35.0. The number of rotatable bonds is 8. The Morgan fingerprint density at radius 1 is 0.887 bits per heavy atom. The third-order valence-electron chi connectivity index (χ3n) is 11.1. The molecule has 5 aliphatic rings. The van der Waals surface area contributed by atoms with Crippen molar-refractivity contribution in [2.75, 3.05) is 36.8 Å². The summed E-state index contributed by atoms with van der Waals surface area (Å²) in [6.45, 7) is 0.927. The van der Waals surface area contributed by atoms with Gasteiger partial charge in [-0.15, -0.1) is 10.2 Å². The molecule has 0 spiro atoms. The van der Waals surface area contributed by atoms with Gasteiger partial charge in [-0.25, -0.2) is 17.8 Å². The van der Waals surface area contributed by atoms with Gasteiger partial charge in [-0.05, 0) is 98.1 Å². The maximum absolute atomic E-state index is 14.0. The molecule has 2 amide bonds. The summed E-state index contributed by atoms with van der Waals surface area (Å²) < 4.78 is 71.6. The molecule has 4 saturated carbocycles. The van der Waals surface area contributed by atoms with Crippen LogP contribution in [0.25, 0.3) is 16.8 Å². The lowest BCUT2D eigenvalue weighted by atomic mass is 9.50. The summed E-state index contributed by atoms with van der Waals surface area (Å²) in [5.41, 5.74) is -0.527. The van der Waals surface area contributed by atoms with E-state index in [9.17, 15) is 36.3 Å². The molecule has 1 aromatic carbocycles. The number of aromatic nitrogens is 5. The molecule has 17 heteroatoms. The summed E-state index contributed by atoms with van der Waals surface area (Å²) in [6, 6.07) is 7.48. The zero-order valence-corrected chi connectivity index (χ0v) is 29.4. The van der Waals surface area contributed by atoms with Crippen LogP contribution in [-0.4, -0.2) is 87.1 Å². The van der Waals surface area contributed by atoms with Gasteiger partial charge < -0.3 is 14.9 Å². The zero-order valence-electron chi connectivity index (χ0n) is 28.5. The molecule has 1 aliphatic heterocycles. The van der Waals surface area contributed by atoms with E-state index in [-0.39, 0.29) is 60.0 Å². The molecule has 4 bridgehead atoms. The molecule has 4 aromatic rings. The smallest absolute Gasteiger partial charge is 0.416 e. The summed E-state index contributed by atoms with van der Waals surface area (Å²) in [5, 5.41) is 22.1. The third kappa shape index (κ3) is 7.30. The van der Waals surface area contributed by atoms with E-state index in [0.717, 1.165) is 31.4 Å². The molecule has 278 valence electrons. The molecule has 0 atom stereocenters. The number of carbonyl (C=O) groups excluding carboxylic acids is 2. The molecule has 13 nitrogen and oxygen atoms in total. The summed E-state index contributed by atoms with van der Waals surface area (Å²) in [7, 11) is -3.89. The molecule has 5 fully saturated rings. The second-order valence-corrected chi connectivity index (χ2v) is 16.8. The van der Waals surface area contributed by atoms with Crippen LogP contribution >= 0.6 is 0 Å². The zero-order chi connectivity index (χ0) is 37.1. The quantitative estimate of drug-likeness (QED) is 0.259. The SMILES string of the molecule is O=C(NS(=O)(=O)CC12CC3CC(CC(C3)C1)C2)c1ccc(N2CCN(C(=O)c3cc(-n4cc(-c5cncc(O)c5)cn4)cc(C(F)(F)F)c3)CC2)nn1. The average molecular weight is 751 g/mol. The number of anilines is 1. The minimum absolute atomic E-state index is 0.0288. The number of aromatic hydroxyl groups is 1. The van der Waals surface area contributed by atoms with Crippen molar-refractivity contribution in [1.82, 2.24) is 34.6 Å². The predicted molar refractivity (Wildman–Crippen MR) is 185 cm³/mol. The van der Waals surface area contributed by atoms with E-state index in [1.807, 2.05) is 4.90 Å². The number of piperazine rings is 1. The second kappa shape index (κ2) is 13.1. The van der Waals surface area contributed by atoms with Crippen molar-refractivity contribution in [2.24, 2.45) is 23.2 Å². The number of benzene rings is 1. The van der Waals surface area contributed by atoms with Crippen LogP contribution in [0.5, 0.6) is 5.75 Å². The fourth-order valence-corrected chi connectivity index (χ4v) is 10.9. The first-order valence-corrected chi connectivity index (χ1v) is 19.2. The van der Waals surface area contributed by atoms with Crippen LogP contribution in [0.15, 0.2) is 61.2 Å². The molecule has 53 heavy (non-hydrogen) atoms. The second-order valence-electron chi connectivity index (χ2n) is 15.0. The highest BCUT2D eigenvalue weighted by Gasteiger charge is 2.52. The maximum atomic E-state index is 14.0. The first-order valence-electron chi connectivity index (χ1n) is 17.6. The number of amides is 2. The number of halogens is 3. The number of nitrogens with zero attached hydrogens (tertiary/aromatic N) is 7. The average Bonchev–Trinajstić information content (AvgIpc) is 3.60. The maximum Gasteiger partial charge on any atom is 0.416 e. The monoisotopic (exact) mass is 750 g/mol. The number of hydrogen-bond acceptors (Lipinski definition) is 10. The van der Waals surface area contributed by atoms with Crippen LogP contribution in [0.4, 0.5) is 19.0 Å². The van der Waals surface area contributed by atoms with Gasteiger partial charge in [-0.2, -0.15) is 18.3 Å². The van der Waals surface area contributed by atoms with E-state index in [1.165, 1.54) is 71.8 Å². The lowest BCUT2D eigenvalue weighted by Gasteiger charge is -2.56. The molecule has 9 rings (SSSR count). The van der Waals surface area contributed by atoms with Crippen LogP contribution in [0.1, 0.15) is 64.9 Å². The predicted octanol–water partition coefficient (Wildman–Crippen LogP) is 4.69. The fourth-order valence-electron chi connectivity index (χ4n) is 9.27. The van der Waals surface area contributed by atoms with E-state index in [4.69, 9.17) is 0 Å². The lowest BCUT2D eigenvalue weighted by Crippen LogP contribution is -2.51. The molecular weight excluding hydrogens is 714 g/mol. The van der Waals surface area contributed by atoms with Gasteiger partial charge in [0.2, 0.25) is 10.0 Å². The van der Waals surface area contributed by atoms with Crippen LogP contribution in [0.2, 0.25) is 0 Å². The van der Waals surface area contributed by atoms with Gasteiger partial charge in [-0.1, -0.05) is 0 Å². The molecule has 0 unspecified atom stereocenters. The molecule has 4 heterocycles. The van der Waals surface area contributed by atoms with Crippen LogP contribution in [-0.2, 0) is 16.2 Å². The van der Waals surface area contributed by atoms with Gasteiger partial charge in [0.05, 0.1) is 29.4 Å². The highest BCUT2D eigenvalue weighted by Crippen LogP contribution is 2.60. The van der Waals surface area contributed by atoms with Gasteiger partial charge in [0.15, 0.2) is 11.5 Å². The minimum atomic E-state index is -4.73. The standard InChI is InChI=1S/C36H37F3N8O5S/c37-36(38,39)28-10-25(11-29(13-28)47-20-27(18-41-47)26-12-30(48)19-40-17-26)34(50)46-5-3-45(4-6-46)32-2-1-31(42-43-32)33(49)44-53(51,52)21-35-14-22-7-23(15-35)9-24(8-22)16-35/h1-2,10-13,17-20,22-24,48H,3-9,14-16,21H2,(H,44,49). The highest BCUT2D eigenvalue weighted by atomic mass is 32.2. The Labute approximate surface area is 303 Å². The minimum Gasteiger partial charge on any atom is -0.506 e. The van der Waals surface area contributed by atoms with E-state index in [2.05, 4.69) is 25.0 Å². The summed E-state index contributed by atoms with van der Waals surface area (Å²) in [6.07, 6.45) is 7.16. The van der Waals surface area contributed by atoms with Crippen LogP contribution < -0.4 is 9.62 Å². The largest absolute Gasteiger partial charge is 0.506 e. The topological polar surface area (TPSA) is 164 Å². The number of pyridine rings is 1. The van der Waals surface area contributed by atoms with Crippen LogP contribution in [0, 0.1) is 23.2 Å². The van der Waals surface area contributed by atoms with Crippen LogP contribution in [0.3, 0.4) is 0 Å². The van der Waals surface area contributed by atoms with Crippen molar-refractivity contribution in [3.63, 3.8) is 0 Å². The van der Waals surface area contributed by atoms with E-state index in [1.54, 1.807) is 6.07 Å². The van der Waals surface area contributed by atoms with Crippen molar-refractivity contribution >= 4 is 27.7 Å². The van der Waals surface area contributed by atoms with Crippen molar-refractivity contribution in [1.29, 1.82) is 0 Å². The van der Waals surface area contributed by atoms with Gasteiger partial charge in [0, 0.05) is 55.3 Å². The Morgan fingerprint density at radius 2 is 1.58 bits per heavy atom. The molecule has 1 saturated heterocycles. The van der Waals surface area contributed by atoms with Gasteiger partial charge >= 0.3 is 6.18 Å². The Bertz CT molecular complexity index is 2130. The molecule has 3 aromatic heterocycles. The van der Waals surface area contributed by atoms with Gasteiger partial charge in [-0.3, -0.25) is 14.6 Å². The Hall–Kier alpha value is -5.06. The van der Waals surface area contributed by atoms with Crippen molar-refractivity contribution < 1.29 is 36.3 Å². The third-order valence-corrected chi connectivity index (χ3v) is 12.6. The highest BCUT2D eigenvalue weighted by molar-refractivity contribution is 7.90. The molecule has 4 aliphatic carbocycles. The Balaban J connectivity index is 0.904. The number of alkyl halides is 3. The van der Waals surface area contributed by atoms with Crippen molar-refractivity contribution in [3.8, 4) is 22.6 Å². The Kier molecular flexibility index (Phi) is 8.65.